The van der Waals surface area contributed by atoms with E-state index in [1.807, 2.05) is 19.1 Å². The standard InChI is InChI=1S/C14H15N3O2/c1-10-3-5-12(19-10)14(2,18)9-17-13-6-4-11(7-15)8-16-13/h3-6,8,18H,9H2,1-2H3,(H,16,17). The van der Waals surface area contributed by atoms with Gasteiger partial charge in [-0.25, -0.2) is 4.98 Å². The number of hydrogen-bond acceptors (Lipinski definition) is 5. The van der Waals surface area contributed by atoms with E-state index in [0.717, 1.165) is 5.76 Å². The maximum absolute atomic E-state index is 10.3. The molecule has 2 heterocycles. The molecule has 2 N–H and O–H groups in total. The van der Waals surface area contributed by atoms with Gasteiger partial charge in [0.1, 0.15) is 29.0 Å². The molecule has 1 unspecified atom stereocenters. The van der Waals surface area contributed by atoms with E-state index < -0.39 is 5.60 Å². The number of hydrogen-bond donors (Lipinski definition) is 2. The molecule has 0 fully saturated rings. The Hall–Kier alpha value is -2.32. The number of rotatable bonds is 4. The quantitative estimate of drug-likeness (QED) is 0.877. The number of nitrogens with zero attached hydrogens (tertiary/aromatic N) is 2. The van der Waals surface area contributed by atoms with E-state index in [9.17, 15) is 5.11 Å². The smallest absolute Gasteiger partial charge is 0.137 e. The summed E-state index contributed by atoms with van der Waals surface area (Å²) >= 11 is 0. The molecule has 0 bridgehead atoms. The van der Waals surface area contributed by atoms with Gasteiger partial charge in [-0.3, -0.25) is 0 Å². The van der Waals surface area contributed by atoms with Crippen molar-refractivity contribution in [2.24, 2.45) is 0 Å². The Morgan fingerprint density at radius 2 is 2.21 bits per heavy atom. The first-order chi connectivity index (χ1) is 9.01. The lowest BCUT2D eigenvalue weighted by atomic mass is 10.0. The SMILES string of the molecule is Cc1ccc(C(C)(O)CNc2ccc(C#N)cn2)o1. The van der Waals surface area contributed by atoms with Crippen molar-refractivity contribution in [2.75, 3.05) is 11.9 Å². The third kappa shape index (κ3) is 3.12. The van der Waals surface area contributed by atoms with Crippen molar-refractivity contribution in [1.82, 2.24) is 4.98 Å². The third-order valence-electron chi connectivity index (χ3n) is 2.78. The highest BCUT2D eigenvalue weighted by Crippen LogP contribution is 2.23. The lowest BCUT2D eigenvalue weighted by molar-refractivity contribution is 0.0467. The van der Waals surface area contributed by atoms with Gasteiger partial charge in [-0.1, -0.05) is 0 Å². The van der Waals surface area contributed by atoms with Crippen LogP contribution >= 0.6 is 0 Å². The second kappa shape index (κ2) is 5.12. The molecule has 98 valence electrons. The van der Waals surface area contributed by atoms with E-state index in [4.69, 9.17) is 9.68 Å². The van der Waals surface area contributed by atoms with E-state index in [0.29, 0.717) is 17.1 Å². The van der Waals surface area contributed by atoms with E-state index >= 15 is 0 Å². The van der Waals surface area contributed by atoms with Gasteiger partial charge < -0.3 is 14.8 Å². The molecule has 1 atom stereocenters. The van der Waals surface area contributed by atoms with Gasteiger partial charge in [0.25, 0.3) is 0 Å². The highest BCUT2D eigenvalue weighted by Gasteiger charge is 2.26. The van der Waals surface area contributed by atoms with Gasteiger partial charge in [0, 0.05) is 6.20 Å². The van der Waals surface area contributed by atoms with Crippen LogP contribution in [0, 0.1) is 18.3 Å². The largest absolute Gasteiger partial charge is 0.463 e. The Morgan fingerprint density at radius 3 is 2.74 bits per heavy atom. The summed E-state index contributed by atoms with van der Waals surface area (Å²) in [5.74, 6) is 1.86. The first-order valence-electron chi connectivity index (χ1n) is 5.90. The summed E-state index contributed by atoms with van der Waals surface area (Å²) in [6, 6.07) is 8.93. The molecule has 0 aliphatic carbocycles. The molecule has 5 heteroatoms. The summed E-state index contributed by atoms with van der Waals surface area (Å²) in [4.78, 5) is 4.08. The molecule has 2 rings (SSSR count). The predicted molar refractivity (Wildman–Crippen MR) is 70.5 cm³/mol. The van der Waals surface area contributed by atoms with Crippen molar-refractivity contribution in [3.63, 3.8) is 0 Å². The second-order valence-electron chi connectivity index (χ2n) is 4.58. The van der Waals surface area contributed by atoms with E-state index in [2.05, 4.69) is 10.3 Å². The van der Waals surface area contributed by atoms with Crippen LogP contribution in [0.1, 0.15) is 24.0 Å². The zero-order valence-electron chi connectivity index (χ0n) is 10.8. The summed E-state index contributed by atoms with van der Waals surface area (Å²) in [5.41, 5.74) is -0.622. The monoisotopic (exact) mass is 257 g/mol. The van der Waals surface area contributed by atoms with Crippen LogP contribution in [0.15, 0.2) is 34.9 Å². The van der Waals surface area contributed by atoms with Crippen molar-refractivity contribution in [1.29, 1.82) is 5.26 Å². The Morgan fingerprint density at radius 1 is 1.42 bits per heavy atom. The van der Waals surface area contributed by atoms with E-state index in [1.165, 1.54) is 6.20 Å². The molecule has 0 spiro atoms. The molecule has 0 aliphatic rings. The molecule has 0 radical (unpaired) electrons. The number of anilines is 1. The third-order valence-corrected chi connectivity index (χ3v) is 2.78. The fraction of sp³-hybridized carbons (Fsp3) is 0.286. The van der Waals surface area contributed by atoms with Crippen LogP contribution in [0.5, 0.6) is 0 Å². The fourth-order valence-corrected chi connectivity index (χ4v) is 1.64. The number of furan rings is 1. The fourth-order valence-electron chi connectivity index (χ4n) is 1.64. The van der Waals surface area contributed by atoms with Crippen molar-refractivity contribution in [3.05, 3.63) is 47.5 Å². The number of aryl methyl sites for hydroxylation is 1. The van der Waals surface area contributed by atoms with Crippen LogP contribution < -0.4 is 5.32 Å². The first kappa shape index (κ1) is 13.1. The minimum Gasteiger partial charge on any atom is -0.463 e. The Labute approximate surface area is 111 Å². The Kier molecular flexibility index (Phi) is 3.54. The molecular weight excluding hydrogens is 242 g/mol. The van der Waals surface area contributed by atoms with Crippen molar-refractivity contribution in [3.8, 4) is 6.07 Å². The van der Waals surface area contributed by atoms with Crippen molar-refractivity contribution >= 4 is 5.82 Å². The zero-order chi connectivity index (χ0) is 13.9. The normalized spacial score (nSPS) is 13.6. The summed E-state index contributed by atoms with van der Waals surface area (Å²) < 4.78 is 5.42. The van der Waals surface area contributed by atoms with Gasteiger partial charge in [0.2, 0.25) is 0 Å². The lowest BCUT2D eigenvalue weighted by Gasteiger charge is -2.21. The average Bonchev–Trinajstić information content (AvgIpc) is 2.85. The highest BCUT2D eigenvalue weighted by atomic mass is 16.4. The van der Waals surface area contributed by atoms with Gasteiger partial charge >= 0.3 is 0 Å². The molecular formula is C14H15N3O2. The highest BCUT2D eigenvalue weighted by molar-refractivity contribution is 5.39. The van der Waals surface area contributed by atoms with E-state index in [1.54, 1.807) is 25.1 Å². The summed E-state index contributed by atoms with van der Waals surface area (Å²) in [5, 5.41) is 22.0. The van der Waals surface area contributed by atoms with Gasteiger partial charge in [-0.15, -0.1) is 0 Å². The first-order valence-corrected chi connectivity index (χ1v) is 5.90. The van der Waals surface area contributed by atoms with Crippen molar-refractivity contribution < 1.29 is 9.52 Å². The molecule has 0 saturated heterocycles. The maximum Gasteiger partial charge on any atom is 0.137 e. The molecule has 2 aromatic rings. The lowest BCUT2D eigenvalue weighted by Crippen LogP contribution is -2.30. The average molecular weight is 257 g/mol. The molecule has 0 saturated carbocycles. The molecule has 2 aromatic heterocycles. The van der Waals surface area contributed by atoms with Crippen LogP contribution in [0.25, 0.3) is 0 Å². The van der Waals surface area contributed by atoms with Crippen molar-refractivity contribution in [2.45, 2.75) is 19.4 Å². The summed E-state index contributed by atoms with van der Waals surface area (Å²) in [6.07, 6.45) is 1.48. The Bertz CT molecular complexity index is 594. The number of aromatic nitrogens is 1. The maximum atomic E-state index is 10.3. The predicted octanol–water partition coefficient (Wildman–Crippen LogP) is 2.17. The van der Waals surface area contributed by atoms with Crippen LogP contribution in [-0.4, -0.2) is 16.6 Å². The summed E-state index contributed by atoms with van der Waals surface area (Å²) in [7, 11) is 0. The van der Waals surface area contributed by atoms with Gasteiger partial charge in [0.05, 0.1) is 12.1 Å². The topological polar surface area (TPSA) is 82.1 Å². The molecule has 5 nitrogen and oxygen atoms in total. The van der Waals surface area contributed by atoms with Crippen LogP contribution in [0.4, 0.5) is 5.82 Å². The van der Waals surface area contributed by atoms with Gasteiger partial charge in [0.15, 0.2) is 0 Å². The van der Waals surface area contributed by atoms with E-state index in [-0.39, 0.29) is 6.54 Å². The number of nitriles is 1. The Balaban J connectivity index is 2.03. The van der Waals surface area contributed by atoms with Crippen LogP contribution in [0.2, 0.25) is 0 Å². The molecule has 19 heavy (non-hydrogen) atoms. The second-order valence-corrected chi connectivity index (χ2v) is 4.58. The summed E-state index contributed by atoms with van der Waals surface area (Å²) in [6.45, 7) is 3.76. The number of pyridine rings is 1. The minimum atomic E-state index is -1.12. The zero-order valence-corrected chi connectivity index (χ0v) is 10.8. The minimum absolute atomic E-state index is 0.263. The molecule has 0 aromatic carbocycles. The molecule has 0 amide bonds. The number of nitrogens with one attached hydrogen (secondary N) is 1. The van der Waals surface area contributed by atoms with Crippen LogP contribution in [0.3, 0.4) is 0 Å². The molecule has 0 aliphatic heterocycles. The van der Waals surface area contributed by atoms with Crippen LogP contribution in [-0.2, 0) is 5.60 Å². The number of aliphatic hydroxyl groups is 1. The van der Waals surface area contributed by atoms with Gasteiger partial charge in [-0.2, -0.15) is 5.26 Å². The van der Waals surface area contributed by atoms with Gasteiger partial charge in [-0.05, 0) is 38.1 Å².